The summed E-state index contributed by atoms with van der Waals surface area (Å²) in [7, 11) is 3.39. The van der Waals surface area contributed by atoms with Crippen LogP contribution in [0.4, 0.5) is 0 Å². The van der Waals surface area contributed by atoms with Crippen molar-refractivity contribution in [1.29, 1.82) is 0 Å². The van der Waals surface area contributed by atoms with Gasteiger partial charge in [0.15, 0.2) is 5.79 Å². The minimum Gasteiger partial charge on any atom is -0.462 e. The van der Waals surface area contributed by atoms with E-state index in [0.29, 0.717) is 19.4 Å². The van der Waals surface area contributed by atoms with Gasteiger partial charge in [-0.2, -0.15) is 0 Å². The molecule has 30 heavy (non-hydrogen) atoms. The Morgan fingerprint density at radius 3 is 2.57 bits per heavy atom. The van der Waals surface area contributed by atoms with Gasteiger partial charge in [0.2, 0.25) is 0 Å². The van der Waals surface area contributed by atoms with Crippen LogP contribution < -0.4 is 0 Å². The molecule has 2 unspecified atom stereocenters. The molecule has 1 aliphatic heterocycles. The van der Waals surface area contributed by atoms with Gasteiger partial charge in [-0.1, -0.05) is 25.0 Å². The fraction of sp³-hybridized carbons (Fsp3) is 0.792. The van der Waals surface area contributed by atoms with Crippen LogP contribution in [0.1, 0.15) is 73.1 Å². The normalized spacial score (nSPS) is 24.9. The van der Waals surface area contributed by atoms with Gasteiger partial charge < -0.3 is 24.1 Å². The van der Waals surface area contributed by atoms with Gasteiger partial charge in [0.25, 0.3) is 0 Å². The van der Waals surface area contributed by atoms with Crippen LogP contribution in [0.5, 0.6) is 0 Å². The number of hydrogen-bond acceptors (Lipinski definition) is 6. The van der Waals surface area contributed by atoms with Crippen LogP contribution in [0.2, 0.25) is 0 Å². The Kier molecular flexibility index (Phi) is 11.3. The Hall–Kier alpha value is -1.21. The molecular weight excluding hydrogens is 384 g/mol. The highest BCUT2D eigenvalue weighted by Gasteiger charge is 2.38. The number of esters is 1. The van der Waals surface area contributed by atoms with Gasteiger partial charge in [0.1, 0.15) is 6.61 Å². The quantitative estimate of drug-likeness (QED) is 0.297. The summed E-state index contributed by atoms with van der Waals surface area (Å²) >= 11 is 0. The van der Waals surface area contributed by atoms with Crippen LogP contribution in [0.25, 0.3) is 0 Å². The summed E-state index contributed by atoms with van der Waals surface area (Å²) < 4.78 is 22.7. The van der Waals surface area contributed by atoms with E-state index in [1.807, 2.05) is 13.0 Å². The summed E-state index contributed by atoms with van der Waals surface area (Å²) in [6.07, 6.45) is 8.13. The maximum atomic E-state index is 10.9. The van der Waals surface area contributed by atoms with Gasteiger partial charge >= 0.3 is 5.97 Å². The number of hydrogen-bond donors (Lipinski definition) is 1. The zero-order valence-electron chi connectivity index (χ0n) is 20.0. The monoisotopic (exact) mass is 426 g/mol. The first-order valence-electron chi connectivity index (χ1n) is 11.0. The lowest BCUT2D eigenvalue weighted by Crippen LogP contribution is -2.42. The molecule has 1 saturated heterocycles. The van der Waals surface area contributed by atoms with Crippen molar-refractivity contribution < 1.29 is 28.8 Å². The molecule has 0 radical (unpaired) electrons. The third-order valence-corrected chi connectivity index (χ3v) is 6.24. The maximum Gasteiger partial charge on any atom is 0.302 e. The van der Waals surface area contributed by atoms with E-state index in [0.717, 1.165) is 31.3 Å². The second kappa shape index (κ2) is 12.6. The Bertz CT molecular complexity index is 589. The van der Waals surface area contributed by atoms with Crippen molar-refractivity contribution in [1.82, 2.24) is 0 Å². The molecule has 1 aliphatic rings. The van der Waals surface area contributed by atoms with Gasteiger partial charge in [0.05, 0.1) is 18.3 Å². The number of methoxy groups -OCH3 is 2. The van der Waals surface area contributed by atoms with Gasteiger partial charge in [-0.05, 0) is 58.1 Å². The van der Waals surface area contributed by atoms with E-state index in [1.165, 1.54) is 12.5 Å². The summed E-state index contributed by atoms with van der Waals surface area (Å²) in [6, 6.07) is 0. The largest absolute Gasteiger partial charge is 0.462 e. The highest BCUT2D eigenvalue weighted by atomic mass is 16.7. The molecule has 0 saturated carbocycles. The van der Waals surface area contributed by atoms with Crippen LogP contribution in [0.3, 0.4) is 0 Å². The SMILES string of the molecule is COC(CC=C(C)C)(OC)C(C)CCCC1(C)OC/C(=C/COC(C)=O)CC[C@@H]1O. The molecule has 0 bridgehead atoms. The molecule has 1 rings (SSSR count). The van der Waals surface area contributed by atoms with Crippen LogP contribution >= 0.6 is 0 Å². The van der Waals surface area contributed by atoms with Crippen molar-refractivity contribution >= 4 is 5.97 Å². The summed E-state index contributed by atoms with van der Waals surface area (Å²) in [5.41, 5.74) is 1.70. The molecule has 0 aromatic heterocycles. The minimum absolute atomic E-state index is 0.189. The van der Waals surface area contributed by atoms with Crippen molar-refractivity contribution in [3.8, 4) is 0 Å². The average Bonchev–Trinajstić information content (AvgIpc) is 2.82. The van der Waals surface area contributed by atoms with E-state index in [9.17, 15) is 9.90 Å². The first-order valence-corrected chi connectivity index (χ1v) is 11.0. The molecule has 6 nitrogen and oxygen atoms in total. The zero-order valence-corrected chi connectivity index (χ0v) is 20.0. The number of carbonyl (C=O) groups excluding carboxylic acids is 1. The van der Waals surface area contributed by atoms with E-state index in [1.54, 1.807) is 14.2 Å². The van der Waals surface area contributed by atoms with E-state index in [4.69, 9.17) is 18.9 Å². The third kappa shape index (κ3) is 8.14. The Labute approximate surface area is 182 Å². The highest BCUT2D eigenvalue weighted by Crippen LogP contribution is 2.35. The molecule has 0 amide bonds. The van der Waals surface area contributed by atoms with Gasteiger partial charge in [0, 0.05) is 33.5 Å². The maximum absolute atomic E-state index is 10.9. The van der Waals surface area contributed by atoms with Gasteiger partial charge in [-0.25, -0.2) is 0 Å². The summed E-state index contributed by atoms with van der Waals surface area (Å²) in [4.78, 5) is 10.9. The van der Waals surface area contributed by atoms with Crippen LogP contribution in [-0.2, 0) is 23.7 Å². The zero-order chi connectivity index (χ0) is 22.8. The van der Waals surface area contributed by atoms with Crippen molar-refractivity contribution in [3.05, 3.63) is 23.3 Å². The predicted molar refractivity (Wildman–Crippen MR) is 118 cm³/mol. The van der Waals surface area contributed by atoms with Crippen molar-refractivity contribution in [2.24, 2.45) is 5.92 Å². The number of allylic oxidation sites excluding steroid dienone is 1. The molecule has 0 aliphatic carbocycles. The van der Waals surface area contributed by atoms with Gasteiger partial charge in [-0.15, -0.1) is 0 Å². The fourth-order valence-electron chi connectivity index (χ4n) is 3.91. The van der Waals surface area contributed by atoms with E-state index < -0.39 is 17.5 Å². The van der Waals surface area contributed by atoms with Crippen LogP contribution in [0.15, 0.2) is 23.3 Å². The lowest BCUT2D eigenvalue weighted by Gasteiger charge is -2.37. The molecule has 3 atom stereocenters. The molecule has 174 valence electrons. The summed E-state index contributed by atoms with van der Waals surface area (Å²) in [5.74, 6) is -0.754. The predicted octanol–water partition coefficient (Wildman–Crippen LogP) is 4.56. The molecule has 0 aromatic rings. The molecule has 6 heteroatoms. The number of carbonyl (C=O) groups is 1. The fourth-order valence-corrected chi connectivity index (χ4v) is 3.91. The Morgan fingerprint density at radius 2 is 2.00 bits per heavy atom. The number of aliphatic hydroxyl groups excluding tert-OH is 1. The van der Waals surface area contributed by atoms with Crippen LogP contribution in [-0.4, -0.2) is 56.0 Å². The second-order valence-electron chi connectivity index (χ2n) is 8.82. The first-order chi connectivity index (χ1) is 14.1. The standard InChI is InChI=1S/C24H42O6/c1-18(2)12-15-24(27-6,28-7)19(3)9-8-14-23(5)22(26)11-10-21(17-30-23)13-16-29-20(4)25/h12-13,19,22,26H,8-11,14-17H2,1-7H3/b21-13+/t19?,22-,23?/m0/s1. The Morgan fingerprint density at radius 1 is 1.33 bits per heavy atom. The number of rotatable bonds is 11. The van der Waals surface area contributed by atoms with Crippen molar-refractivity contribution in [2.75, 3.05) is 27.4 Å². The average molecular weight is 427 g/mol. The molecule has 0 spiro atoms. The van der Waals surface area contributed by atoms with Crippen molar-refractivity contribution in [3.63, 3.8) is 0 Å². The van der Waals surface area contributed by atoms with Crippen LogP contribution in [0, 0.1) is 5.92 Å². The smallest absolute Gasteiger partial charge is 0.302 e. The summed E-state index contributed by atoms with van der Waals surface area (Å²) in [5, 5.41) is 10.7. The van der Waals surface area contributed by atoms with E-state index in [2.05, 4.69) is 26.8 Å². The van der Waals surface area contributed by atoms with E-state index >= 15 is 0 Å². The number of ether oxygens (including phenoxy) is 4. The second-order valence-corrected chi connectivity index (χ2v) is 8.82. The highest BCUT2D eigenvalue weighted by molar-refractivity contribution is 5.66. The Balaban J connectivity index is 2.66. The van der Waals surface area contributed by atoms with E-state index in [-0.39, 0.29) is 18.5 Å². The van der Waals surface area contributed by atoms with Crippen molar-refractivity contribution in [2.45, 2.75) is 90.6 Å². The molecular formula is C24H42O6. The lowest BCUT2D eigenvalue weighted by molar-refractivity contribution is -0.236. The minimum atomic E-state index is -0.645. The lowest BCUT2D eigenvalue weighted by atomic mass is 9.85. The molecule has 0 aromatic carbocycles. The molecule has 1 N–H and O–H groups in total. The summed E-state index contributed by atoms with van der Waals surface area (Å²) in [6.45, 7) is 10.4. The first kappa shape index (κ1) is 26.8. The topological polar surface area (TPSA) is 74.2 Å². The molecule has 1 heterocycles. The number of aliphatic hydroxyl groups is 1. The third-order valence-electron chi connectivity index (χ3n) is 6.24. The molecule has 1 fully saturated rings. The van der Waals surface area contributed by atoms with Gasteiger partial charge in [-0.3, -0.25) is 4.79 Å².